The topological polar surface area (TPSA) is 61.7 Å². The average Bonchev–Trinajstić information content (AvgIpc) is 2.84. The summed E-state index contributed by atoms with van der Waals surface area (Å²) in [7, 11) is 2.16. The molecule has 3 aliphatic rings. The first kappa shape index (κ1) is 24.7. The number of pyridine rings is 1. The van der Waals surface area contributed by atoms with Crippen LogP contribution in [0.25, 0.3) is 0 Å². The van der Waals surface area contributed by atoms with E-state index in [9.17, 15) is 5.26 Å². The van der Waals surface area contributed by atoms with Gasteiger partial charge in [0.25, 0.3) is 0 Å². The van der Waals surface area contributed by atoms with Gasteiger partial charge in [-0.1, -0.05) is 30.3 Å². The van der Waals surface area contributed by atoms with Gasteiger partial charge in [-0.2, -0.15) is 5.26 Å². The number of piperazine rings is 2. The van der Waals surface area contributed by atoms with Crippen LogP contribution >= 0.6 is 12.4 Å². The summed E-state index contributed by atoms with van der Waals surface area (Å²) in [5.74, 6) is 2.01. The Labute approximate surface area is 209 Å². The second-order valence-electron chi connectivity index (χ2n) is 9.69. The minimum atomic E-state index is 0. The van der Waals surface area contributed by atoms with Crippen molar-refractivity contribution in [3.05, 3.63) is 52.6 Å². The first-order valence-electron chi connectivity index (χ1n) is 12.3. The van der Waals surface area contributed by atoms with E-state index in [4.69, 9.17) is 4.98 Å². The number of halogens is 1. The molecule has 4 heterocycles. The highest BCUT2D eigenvalue weighted by molar-refractivity contribution is 5.85. The Hall–Kier alpha value is -2.37. The fourth-order valence-electron chi connectivity index (χ4n) is 5.39. The van der Waals surface area contributed by atoms with Crippen LogP contribution in [-0.4, -0.2) is 80.2 Å². The molecule has 182 valence electrons. The summed E-state index contributed by atoms with van der Waals surface area (Å²) < 4.78 is 0. The molecule has 0 saturated carbocycles. The monoisotopic (exact) mass is 481 g/mol. The molecule has 0 aliphatic carbocycles. The van der Waals surface area contributed by atoms with E-state index >= 15 is 0 Å². The number of aromatic nitrogens is 1. The number of nitrogens with zero attached hydrogens (tertiary/aromatic N) is 6. The van der Waals surface area contributed by atoms with Crippen molar-refractivity contribution in [2.75, 3.05) is 69.2 Å². The van der Waals surface area contributed by atoms with Crippen LogP contribution in [0.1, 0.15) is 29.2 Å². The number of benzene rings is 1. The third-order valence-electron chi connectivity index (χ3n) is 7.37. The first-order chi connectivity index (χ1) is 16.1. The average molecular weight is 482 g/mol. The van der Waals surface area contributed by atoms with Gasteiger partial charge in [0.1, 0.15) is 17.7 Å². The Morgan fingerprint density at radius 3 is 2.50 bits per heavy atom. The maximum absolute atomic E-state index is 10.3. The molecule has 2 fully saturated rings. The Balaban J connectivity index is 0.00000274. The largest absolute Gasteiger partial charge is 0.353 e. The molecule has 1 unspecified atom stereocenters. The fraction of sp³-hybridized carbons (Fsp3) is 0.538. The molecule has 0 bridgehead atoms. The van der Waals surface area contributed by atoms with E-state index in [1.54, 1.807) is 0 Å². The molecule has 1 atom stereocenters. The van der Waals surface area contributed by atoms with Gasteiger partial charge in [0.05, 0.1) is 5.56 Å². The van der Waals surface area contributed by atoms with Crippen LogP contribution in [0.15, 0.2) is 30.3 Å². The van der Waals surface area contributed by atoms with E-state index < -0.39 is 0 Å². The lowest BCUT2D eigenvalue weighted by Gasteiger charge is -2.40. The van der Waals surface area contributed by atoms with Crippen molar-refractivity contribution >= 4 is 24.0 Å². The van der Waals surface area contributed by atoms with E-state index in [0.29, 0.717) is 6.04 Å². The standard InChI is InChI=1S/C26H35N7.ClH/c1-20-17-28-9-11-33(20)26-22-8-10-31(18-21-6-4-3-5-7-21)19-24(22)23(16-27)25(29-26)32-14-12-30(2)13-15-32;/h3-7,20,28H,8-15,17-19H2,1-2H3;1H. The molecule has 1 aromatic carbocycles. The molecule has 1 aromatic heterocycles. The van der Waals surface area contributed by atoms with Crippen molar-refractivity contribution in [3.63, 3.8) is 0 Å². The summed E-state index contributed by atoms with van der Waals surface area (Å²) >= 11 is 0. The zero-order chi connectivity index (χ0) is 22.8. The number of nitrogens with one attached hydrogen (secondary N) is 1. The van der Waals surface area contributed by atoms with Gasteiger partial charge in [0, 0.05) is 77.1 Å². The molecule has 0 radical (unpaired) electrons. The lowest BCUT2D eigenvalue weighted by atomic mass is 9.94. The van der Waals surface area contributed by atoms with E-state index in [-0.39, 0.29) is 12.4 Å². The Morgan fingerprint density at radius 2 is 1.79 bits per heavy atom. The molecule has 2 aromatic rings. The summed E-state index contributed by atoms with van der Waals surface area (Å²) in [6.07, 6.45) is 0.943. The van der Waals surface area contributed by atoms with Gasteiger partial charge in [0.15, 0.2) is 0 Å². The first-order valence-corrected chi connectivity index (χ1v) is 12.3. The molecule has 0 amide bonds. The van der Waals surface area contributed by atoms with Crippen molar-refractivity contribution in [1.82, 2.24) is 20.1 Å². The van der Waals surface area contributed by atoms with Crippen LogP contribution < -0.4 is 15.1 Å². The van der Waals surface area contributed by atoms with Gasteiger partial charge < -0.3 is 20.0 Å². The van der Waals surface area contributed by atoms with Crippen LogP contribution in [0.3, 0.4) is 0 Å². The summed E-state index contributed by atoms with van der Waals surface area (Å²) in [6.45, 7) is 11.7. The Bertz CT molecular complexity index is 1010. The SMILES string of the molecule is CC1CNCCN1c1nc(N2CCN(C)CC2)c(C#N)c2c1CCN(Cc1ccccc1)C2.Cl. The van der Waals surface area contributed by atoms with Crippen LogP contribution in [-0.2, 0) is 19.5 Å². The fourth-order valence-corrected chi connectivity index (χ4v) is 5.39. The molecule has 7 nitrogen and oxygen atoms in total. The van der Waals surface area contributed by atoms with Crippen LogP contribution in [0.4, 0.5) is 11.6 Å². The van der Waals surface area contributed by atoms with Crippen molar-refractivity contribution in [2.24, 2.45) is 0 Å². The third kappa shape index (κ3) is 5.01. The van der Waals surface area contributed by atoms with Crippen molar-refractivity contribution in [3.8, 4) is 6.07 Å². The highest BCUT2D eigenvalue weighted by atomic mass is 35.5. The van der Waals surface area contributed by atoms with Gasteiger partial charge in [-0.15, -0.1) is 12.4 Å². The number of likely N-dealkylation sites (N-methyl/N-ethyl adjacent to an activating group) is 1. The molecule has 2 saturated heterocycles. The highest BCUT2D eigenvalue weighted by Crippen LogP contribution is 2.36. The number of fused-ring (bicyclic) bond motifs is 1. The number of rotatable bonds is 4. The number of nitriles is 1. The Morgan fingerprint density at radius 1 is 1.03 bits per heavy atom. The maximum atomic E-state index is 10.3. The molecule has 5 rings (SSSR count). The van der Waals surface area contributed by atoms with Gasteiger partial charge in [-0.25, -0.2) is 4.98 Å². The van der Waals surface area contributed by atoms with Gasteiger partial charge in [0.2, 0.25) is 0 Å². The van der Waals surface area contributed by atoms with E-state index in [1.165, 1.54) is 16.7 Å². The quantitative estimate of drug-likeness (QED) is 0.719. The second kappa shape index (κ2) is 10.9. The van der Waals surface area contributed by atoms with E-state index in [2.05, 4.69) is 75.3 Å². The summed E-state index contributed by atoms with van der Waals surface area (Å²) in [5.41, 5.74) is 4.61. The normalized spacial score (nSPS) is 21.5. The third-order valence-corrected chi connectivity index (χ3v) is 7.37. The van der Waals surface area contributed by atoms with Crippen molar-refractivity contribution < 1.29 is 0 Å². The summed E-state index contributed by atoms with van der Waals surface area (Å²) in [6, 6.07) is 13.6. The minimum absolute atomic E-state index is 0. The van der Waals surface area contributed by atoms with Gasteiger partial charge in [-0.05, 0) is 31.5 Å². The lowest BCUT2D eigenvalue weighted by Crippen LogP contribution is -2.51. The highest BCUT2D eigenvalue weighted by Gasteiger charge is 2.32. The molecule has 8 heteroatoms. The Kier molecular flexibility index (Phi) is 7.95. The molecular weight excluding hydrogens is 446 g/mol. The van der Waals surface area contributed by atoms with Gasteiger partial charge in [-0.3, -0.25) is 4.90 Å². The zero-order valence-corrected chi connectivity index (χ0v) is 21.2. The predicted octanol–water partition coefficient (Wildman–Crippen LogP) is 2.48. The van der Waals surface area contributed by atoms with Crippen LogP contribution in [0.5, 0.6) is 0 Å². The molecule has 34 heavy (non-hydrogen) atoms. The van der Waals surface area contributed by atoms with E-state index in [1.807, 2.05) is 0 Å². The number of hydrogen-bond donors (Lipinski definition) is 1. The lowest BCUT2D eigenvalue weighted by molar-refractivity contribution is 0.245. The second-order valence-corrected chi connectivity index (χ2v) is 9.69. The maximum Gasteiger partial charge on any atom is 0.149 e. The molecular formula is C26H36ClN7. The zero-order valence-electron chi connectivity index (χ0n) is 20.3. The number of hydrogen-bond acceptors (Lipinski definition) is 7. The summed E-state index contributed by atoms with van der Waals surface area (Å²) in [5, 5.41) is 13.8. The summed E-state index contributed by atoms with van der Waals surface area (Å²) in [4.78, 5) is 14.9. The molecule has 3 aliphatic heterocycles. The number of anilines is 2. The van der Waals surface area contributed by atoms with Crippen molar-refractivity contribution in [1.29, 1.82) is 5.26 Å². The van der Waals surface area contributed by atoms with Crippen LogP contribution in [0, 0.1) is 11.3 Å². The molecule has 1 N–H and O–H groups in total. The smallest absolute Gasteiger partial charge is 0.149 e. The van der Waals surface area contributed by atoms with Gasteiger partial charge >= 0.3 is 0 Å². The molecule has 0 spiro atoms. The predicted molar refractivity (Wildman–Crippen MR) is 140 cm³/mol. The minimum Gasteiger partial charge on any atom is -0.353 e. The van der Waals surface area contributed by atoms with Crippen LogP contribution in [0.2, 0.25) is 0 Å². The van der Waals surface area contributed by atoms with E-state index in [0.717, 1.165) is 89.1 Å². The van der Waals surface area contributed by atoms with Crippen molar-refractivity contribution in [2.45, 2.75) is 32.5 Å².